The number of hydrogen-bond acceptors (Lipinski definition) is 5. The third-order valence-corrected chi connectivity index (χ3v) is 3.49. The Morgan fingerprint density at radius 1 is 1.20 bits per heavy atom. The number of esters is 1. The SMILES string of the molecule is CCOC(=O)C(=O)CCP(C)(=O)OCC. The number of rotatable bonds is 7. The van der Waals surface area contributed by atoms with Crippen molar-refractivity contribution in [3.05, 3.63) is 0 Å². The normalized spacial score (nSPS) is 14.3. The smallest absolute Gasteiger partial charge is 0.374 e. The maximum atomic E-state index is 11.6. The molecule has 0 aromatic rings. The van der Waals surface area contributed by atoms with E-state index in [1.54, 1.807) is 13.8 Å². The van der Waals surface area contributed by atoms with Gasteiger partial charge < -0.3 is 9.26 Å². The molecule has 0 radical (unpaired) electrons. The summed E-state index contributed by atoms with van der Waals surface area (Å²) in [5.41, 5.74) is 0. The third kappa shape index (κ3) is 6.42. The van der Waals surface area contributed by atoms with Gasteiger partial charge in [0.15, 0.2) is 0 Å². The Hall–Kier alpha value is -0.670. The maximum absolute atomic E-state index is 11.6. The first-order valence-electron chi connectivity index (χ1n) is 4.84. The highest BCUT2D eigenvalue weighted by Gasteiger charge is 2.21. The lowest BCUT2D eigenvalue weighted by Gasteiger charge is -2.11. The lowest BCUT2D eigenvalue weighted by molar-refractivity contribution is -0.153. The van der Waals surface area contributed by atoms with Crippen molar-refractivity contribution in [2.24, 2.45) is 0 Å². The summed E-state index contributed by atoms with van der Waals surface area (Å²) in [4.78, 5) is 22.0. The Labute approximate surface area is 89.6 Å². The van der Waals surface area contributed by atoms with Crippen molar-refractivity contribution in [3.63, 3.8) is 0 Å². The van der Waals surface area contributed by atoms with E-state index in [1.807, 2.05) is 0 Å². The van der Waals surface area contributed by atoms with Crippen LogP contribution in [0.15, 0.2) is 0 Å². The molecule has 0 heterocycles. The van der Waals surface area contributed by atoms with E-state index in [1.165, 1.54) is 6.66 Å². The standard InChI is InChI=1S/C9H17O5P/c1-4-13-9(11)8(10)6-7-15(3,12)14-5-2/h4-7H2,1-3H3. The van der Waals surface area contributed by atoms with Gasteiger partial charge in [0.05, 0.1) is 13.2 Å². The highest BCUT2D eigenvalue weighted by Crippen LogP contribution is 2.42. The monoisotopic (exact) mass is 236 g/mol. The zero-order chi connectivity index (χ0) is 11.9. The minimum absolute atomic E-state index is 0.0818. The van der Waals surface area contributed by atoms with Crippen LogP contribution in [0.4, 0.5) is 0 Å². The Bertz CT molecular complexity index is 274. The van der Waals surface area contributed by atoms with Crippen molar-refractivity contribution >= 4 is 19.1 Å². The van der Waals surface area contributed by atoms with Crippen molar-refractivity contribution in [1.29, 1.82) is 0 Å². The van der Waals surface area contributed by atoms with E-state index < -0.39 is 19.1 Å². The zero-order valence-electron chi connectivity index (χ0n) is 9.32. The van der Waals surface area contributed by atoms with Gasteiger partial charge in [-0.25, -0.2) is 4.79 Å². The van der Waals surface area contributed by atoms with Crippen LogP contribution >= 0.6 is 7.37 Å². The number of hydrogen-bond donors (Lipinski definition) is 0. The zero-order valence-corrected chi connectivity index (χ0v) is 10.2. The van der Waals surface area contributed by atoms with Gasteiger partial charge >= 0.3 is 5.97 Å². The Kier molecular flexibility index (Phi) is 6.45. The van der Waals surface area contributed by atoms with Crippen LogP contribution in [0, 0.1) is 0 Å². The molecule has 0 rings (SSSR count). The number of Topliss-reactive ketones (excluding diaryl/α,β-unsaturated/α-hetero) is 1. The highest BCUT2D eigenvalue weighted by atomic mass is 31.2. The third-order valence-electron chi connectivity index (χ3n) is 1.65. The largest absolute Gasteiger partial charge is 0.460 e. The molecule has 0 aliphatic rings. The molecule has 0 saturated heterocycles. The van der Waals surface area contributed by atoms with E-state index in [0.717, 1.165) is 0 Å². The van der Waals surface area contributed by atoms with Crippen molar-refractivity contribution in [2.75, 3.05) is 26.0 Å². The van der Waals surface area contributed by atoms with E-state index in [2.05, 4.69) is 4.74 Å². The quantitative estimate of drug-likeness (QED) is 0.380. The summed E-state index contributed by atoms with van der Waals surface area (Å²) in [6, 6.07) is 0. The number of ether oxygens (including phenoxy) is 1. The van der Waals surface area contributed by atoms with Gasteiger partial charge in [0, 0.05) is 19.2 Å². The van der Waals surface area contributed by atoms with Crippen molar-refractivity contribution in [3.8, 4) is 0 Å². The molecule has 0 aliphatic heterocycles. The van der Waals surface area contributed by atoms with Crippen LogP contribution in [0.1, 0.15) is 20.3 Å². The Morgan fingerprint density at radius 2 is 1.80 bits per heavy atom. The fourth-order valence-corrected chi connectivity index (χ4v) is 2.24. The lowest BCUT2D eigenvalue weighted by Crippen LogP contribution is -2.18. The van der Waals surface area contributed by atoms with E-state index in [9.17, 15) is 14.2 Å². The molecule has 88 valence electrons. The van der Waals surface area contributed by atoms with Crippen LogP contribution in [-0.4, -0.2) is 37.8 Å². The molecule has 0 aromatic heterocycles. The summed E-state index contributed by atoms with van der Waals surface area (Å²) < 4.78 is 21.1. The minimum atomic E-state index is -2.73. The molecule has 0 aliphatic carbocycles. The fourth-order valence-electron chi connectivity index (χ4n) is 0.956. The second-order valence-corrected chi connectivity index (χ2v) is 5.78. The van der Waals surface area contributed by atoms with Gasteiger partial charge in [-0.05, 0) is 13.8 Å². The van der Waals surface area contributed by atoms with Crippen molar-refractivity contribution in [1.82, 2.24) is 0 Å². The summed E-state index contributed by atoms with van der Waals surface area (Å²) in [5, 5.41) is 0. The second kappa shape index (κ2) is 6.75. The first-order valence-corrected chi connectivity index (χ1v) is 7.09. The van der Waals surface area contributed by atoms with Crippen molar-refractivity contribution in [2.45, 2.75) is 20.3 Å². The van der Waals surface area contributed by atoms with Gasteiger partial charge in [0.2, 0.25) is 13.2 Å². The Morgan fingerprint density at radius 3 is 2.27 bits per heavy atom. The average molecular weight is 236 g/mol. The van der Waals surface area contributed by atoms with Gasteiger partial charge in [-0.15, -0.1) is 0 Å². The fraction of sp³-hybridized carbons (Fsp3) is 0.778. The molecule has 0 aromatic carbocycles. The predicted molar refractivity (Wildman–Crippen MR) is 56.3 cm³/mol. The molecule has 1 unspecified atom stereocenters. The number of ketones is 1. The topological polar surface area (TPSA) is 69.7 Å². The highest BCUT2D eigenvalue weighted by molar-refractivity contribution is 7.58. The molecule has 0 amide bonds. The van der Waals surface area contributed by atoms with E-state index in [-0.39, 0.29) is 19.2 Å². The van der Waals surface area contributed by atoms with Crippen LogP contribution in [-0.2, 0) is 23.4 Å². The second-order valence-electron chi connectivity index (χ2n) is 3.05. The number of carbonyl (C=O) groups is 2. The summed E-state index contributed by atoms with van der Waals surface area (Å²) in [7, 11) is -2.73. The van der Waals surface area contributed by atoms with E-state index in [4.69, 9.17) is 4.52 Å². The molecule has 15 heavy (non-hydrogen) atoms. The average Bonchev–Trinajstić information content (AvgIpc) is 2.14. The first kappa shape index (κ1) is 14.3. The summed E-state index contributed by atoms with van der Waals surface area (Å²) in [5.74, 6) is -1.52. The van der Waals surface area contributed by atoms with E-state index in [0.29, 0.717) is 6.61 Å². The van der Waals surface area contributed by atoms with Crippen LogP contribution in [0.3, 0.4) is 0 Å². The Balaban J connectivity index is 4.00. The molecule has 6 heteroatoms. The first-order chi connectivity index (χ1) is 6.93. The van der Waals surface area contributed by atoms with Crippen molar-refractivity contribution < 1.29 is 23.4 Å². The van der Waals surface area contributed by atoms with Crippen LogP contribution < -0.4 is 0 Å². The summed E-state index contributed by atoms with van der Waals surface area (Å²) >= 11 is 0. The van der Waals surface area contributed by atoms with Gasteiger partial charge in [-0.1, -0.05) is 0 Å². The number of carbonyl (C=O) groups excluding carboxylic acids is 2. The lowest BCUT2D eigenvalue weighted by atomic mass is 10.3. The van der Waals surface area contributed by atoms with Gasteiger partial charge in [-0.2, -0.15) is 0 Å². The van der Waals surface area contributed by atoms with Crippen LogP contribution in [0.2, 0.25) is 0 Å². The molecular weight excluding hydrogens is 219 g/mol. The predicted octanol–water partition coefficient (Wildman–Crippen LogP) is 1.45. The van der Waals surface area contributed by atoms with Crippen LogP contribution in [0.25, 0.3) is 0 Å². The molecule has 0 N–H and O–H groups in total. The molecule has 0 saturated carbocycles. The molecule has 0 fully saturated rings. The molecule has 0 spiro atoms. The van der Waals surface area contributed by atoms with Gasteiger partial charge in [0.1, 0.15) is 0 Å². The van der Waals surface area contributed by atoms with Gasteiger partial charge in [0.25, 0.3) is 0 Å². The molecular formula is C9H17O5P. The molecule has 5 nitrogen and oxygen atoms in total. The van der Waals surface area contributed by atoms with Crippen LogP contribution in [0.5, 0.6) is 0 Å². The summed E-state index contributed by atoms with van der Waals surface area (Å²) in [6.45, 7) is 5.30. The molecule has 1 atom stereocenters. The minimum Gasteiger partial charge on any atom is -0.460 e. The summed E-state index contributed by atoms with van der Waals surface area (Å²) in [6.07, 6.45) is -0.00883. The maximum Gasteiger partial charge on any atom is 0.374 e. The van der Waals surface area contributed by atoms with E-state index >= 15 is 0 Å². The molecule has 0 bridgehead atoms. The van der Waals surface area contributed by atoms with Gasteiger partial charge in [-0.3, -0.25) is 9.36 Å².